The SMILES string of the molecule is CCC(CC(C)(C)F)C(=O)C=C(O)C(C)(CC)CC1CCC1. The van der Waals surface area contributed by atoms with Crippen LogP contribution in [0.3, 0.4) is 0 Å². The number of allylic oxidation sites excluding steroid dienone is 2. The first kappa shape index (κ1) is 19.2. The predicted molar refractivity (Wildman–Crippen MR) is 89.7 cm³/mol. The van der Waals surface area contributed by atoms with Crippen molar-refractivity contribution >= 4 is 5.78 Å². The van der Waals surface area contributed by atoms with Gasteiger partial charge >= 0.3 is 0 Å². The molecular weight excluding hydrogens is 279 g/mol. The van der Waals surface area contributed by atoms with Gasteiger partial charge in [-0.05, 0) is 45.4 Å². The van der Waals surface area contributed by atoms with E-state index in [2.05, 4.69) is 6.92 Å². The third kappa shape index (κ3) is 5.40. The molecule has 128 valence electrons. The minimum atomic E-state index is -1.36. The first-order chi connectivity index (χ1) is 10.1. The summed E-state index contributed by atoms with van der Waals surface area (Å²) in [7, 11) is 0. The van der Waals surface area contributed by atoms with E-state index in [0.29, 0.717) is 12.3 Å². The summed E-state index contributed by atoms with van der Waals surface area (Å²) in [4.78, 5) is 12.4. The van der Waals surface area contributed by atoms with Crippen molar-refractivity contribution in [1.29, 1.82) is 0 Å². The fourth-order valence-corrected chi connectivity index (χ4v) is 3.22. The Bertz CT molecular complexity index is 404. The number of alkyl halides is 1. The van der Waals surface area contributed by atoms with Gasteiger partial charge in [0.15, 0.2) is 5.78 Å². The van der Waals surface area contributed by atoms with Crippen LogP contribution in [0.4, 0.5) is 4.39 Å². The maximum Gasteiger partial charge on any atom is 0.162 e. The lowest BCUT2D eigenvalue weighted by molar-refractivity contribution is -0.119. The molecule has 0 bridgehead atoms. The fraction of sp³-hybridized carbons (Fsp3) is 0.842. The molecule has 1 saturated carbocycles. The molecule has 0 aliphatic heterocycles. The van der Waals surface area contributed by atoms with E-state index in [0.717, 1.165) is 12.8 Å². The molecule has 1 fully saturated rings. The number of hydrogen-bond donors (Lipinski definition) is 1. The van der Waals surface area contributed by atoms with Crippen molar-refractivity contribution < 1.29 is 14.3 Å². The first-order valence-electron chi connectivity index (χ1n) is 8.75. The van der Waals surface area contributed by atoms with Crippen molar-refractivity contribution in [2.75, 3.05) is 0 Å². The number of rotatable bonds is 9. The fourth-order valence-electron chi connectivity index (χ4n) is 3.22. The molecule has 0 spiro atoms. The number of halogens is 1. The maximum atomic E-state index is 13.8. The molecule has 0 amide bonds. The number of carbonyl (C=O) groups is 1. The number of ketones is 1. The quantitative estimate of drug-likeness (QED) is 0.433. The summed E-state index contributed by atoms with van der Waals surface area (Å²) in [5, 5.41) is 10.5. The van der Waals surface area contributed by atoms with Gasteiger partial charge in [0.25, 0.3) is 0 Å². The Labute approximate surface area is 135 Å². The van der Waals surface area contributed by atoms with Gasteiger partial charge in [-0.1, -0.05) is 40.0 Å². The normalized spacial score (nSPS) is 21.1. The monoisotopic (exact) mass is 312 g/mol. The minimum Gasteiger partial charge on any atom is -0.512 e. The Morgan fingerprint density at radius 3 is 2.27 bits per heavy atom. The van der Waals surface area contributed by atoms with Crippen LogP contribution in [-0.4, -0.2) is 16.6 Å². The Kier molecular flexibility index (Phi) is 6.64. The lowest BCUT2D eigenvalue weighted by Crippen LogP contribution is -2.28. The molecule has 2 atom stereocenters. The number of aliphatic hydroxyl groups is 1. The summed E-state index contributed by atoms with van der Waals surface area (Å²) in [6, 6.07) is 0. The minimum absolute atomic E-state index is 0.140. The molecule has 0 heterocycles. The zero-order valence-corrected chi connectivity index (χ0v) is 14.9. The standard InChI is InChI=1S/C19H33FO2/c1-6-15(13-18(3,4)20)16(21)11-17(22)19(5,7-2)12-14-9-8-10-14/h11,14-15,22H,6-10,12-13H2,1-5H3. The van der Waals surface area contributed by atoms with Crippen LogP contribution in [0.5, 0.6) is 0 Å². The molecule has 1 aliphatic carbocycles. The number of aliphatic hydroxyl groups excluding tert-OH is 1. The Morgan fingerprint density at radius 1 is 1.32 bits per heavy atom. The van der Waals surface area contributed by atoms with Gasteiger partial charge in [0.2, 0.25) is 0 Å². The molecule has 2 unspecified atom stereocenters. The van der Waals surface area contributed by atoms with Crippen molar-refractivity contribution in [2.24, 2.45) is 17.3 Å². The van der Waals surface area contributed by atoms with Crippen LogP contribution < -0.4 is 0 Å². The van der Waals surface area contributed by atoms with Gasteiger partial charge in [0.05, 0.1) is 0 Å². The van der Waals surface area contributed by atoms with Crippen molar-refractivity contribution in [1.82, 2.24) is 0 Å². The van der Waals surface area contributed by atoms with E-state index in [-0.39, 0.29) is 29.3 Å². The van der Waals surface area contributed by atoms with Crippen LogP contribution in [-0.2, 0) is 4.79 Å². The molecule has 0 radical (unpaired) electrons. The highest BCUT2D eigenvalue weighted by Crippen LogP contribution is 2.43. The second-order valence-corrected chi connectivity index (χ2v) is 7.88. The summed E-state index contributed by atoms with van der Waals surface area (Å²) >= 11 is 0. The third-order valence-electron chi connectivity index (χ3n) is 5.27. The van der Waals surface area contributed by atoms with E-state index in [1.54, 1.807) is 0 Å². The summed E-state index contributed by atoms with van der Waals surface area (Å²) in [5.74, 6) is 0.357. The molecule has 2 nitrogen and oxygen atoms in total. The zero-order chi connectivity index (χ0) is 17.0. The van der Waals surface area contributed by atoms with Crippen LogP contribution in [0.1, 0.15) is 79.6 Å². The van der Waals surface area contributed by atoms with E-state index >= 15 is 0 Å². The Morgan fingerprint density at radius 2 is 1.91 bits per heavy atom. The molecule has 0 aromatic heterocycles. The van der Waals surface area contributed by atoms with E-state index in [1.807, 2.05) is 13.8 Å². The molecule has 0 saturated heterocycles. The van der Waals surface area contributed by atoms with Gasteiger partial charge in [0, 0.05) is 17.4 Å². The van der Waals surface area contributed by atoms with Gasteiger partial charge in [-0.25, -0.2) is 4.39 Å². The lowest BCUT2D eigenvalue weighted by atomic mass is 9.70. The molecule has 1 N–H and O–H groups in total. The van der Waals surface area contributed by atoms with E-state index < -0.39 is 5.67 Å². The average molecular weight is 312 g/mol. The van der Waals surface area contributed by atoms with Crippen molar-refractivity contribution in [2.45, 2.75) is 85.2 Å². The summed E-state index contributed by atoms with van der Waals surface area (Å²) < 4.78 is 13.8. The van der Waals surface area contributed by atoms with Gasteiger partial charge in [-0.2, -0.15) is 0 Å². The van der Waals surface area contributed by atoms with Gasteiger partial charge in [-0.3, -0.25) is 4.79 Å². The van der Waals surface area contributed by atoms with Gasteiger partial charge < -0.3 is 5.11 Å². The van der Waals surface area contributed by atoms with E-state index in [4.69, 9.17) is 0 Å². The number of hydrogen-bond acceptors (Lipinski definition) is 2. The molecule has 3 heteroatoms. The first-order valence-corrected chi connectivity index (χ1v) is 8.75. The second-order valence-electron chi connectivity index (χ2n) is 7.88. The Hall–Kier alpha value is -0.860. The van der Waals surface area contributed by atoms with Crippen LogP contribution in [0.25, 0.3) is 0 Å². The summed E-state index contributed by atoms with van der Waals surface area (Å²) in [5.41, 5.74) is -1.69. The molecule has 1 rings (SSSR count). The zero-order valence-electron chi connectivity index (χ0n) is 14.9. The van der Waals surface area contributed by atoms with E-state index in [9.17, 15) is 14.3 Å². The predicted octanol–water partition coefficient (Wildman–Crippen LogP) is 5.77. The van der Waals surface area contributed by atoms with Crippen molar-refractivity contribution in [3.63, 3.8) is 0 Å². The lowest BCUT2D eigenvalue weighted by Gasteiger charge is -2.36. The highest BCUT2D eigenvalue weighted by Gasteiger charge is 2.34. The van der Waals surface area contributed by atoms with Crippen molar-refractivity contribution in [3.8, 4) is 0 Å². The number of carbonyl (C=O) groups excluding carboxylic acids is 1. The topological polar surface area (TPSA) is 37.3 Å². The third-order valence-corrected chi connectivity index (χ3v) is 5.27. The average Bonchev–Trinajstić information content (AvgIpc) is 2.38. The smallest absolute Gasteiger partial charge is 0.162 e. The van der Waals surface area contributed by atoms with Crippen LogP contribution in [0, 0.1) is 17.3 Å². The second kappa shape index (κ2) is 7.61. The van der Waals surface area contributed by atoms with Gasteiger partial charge in [0.1, 0.15) is 11.4 Å². The van der Waals surface area contributed by atoms with Crippen LogP contribution in [0.15, 0.2) is 11.8 Å². The van der Waals surface area contributed by atoms with Crippen LogP contribution in [0.2, 0.25) is 0 Å². The maximum absolute atomic E-state index is 13.8. The van der Waals surface area contributed by atoms with E-state index in [1.165, 1.54) is 39.2 Å². The molecule has 22 heavy (non-hydrogen) atoms. The van der Waals surface area contributed by atoms with Crippen LogP contribution >= 0.6 is 0 Å². The largest absolute Gasteiger partial charge is 0.512 e. The van der Waals surface area contributed by atoms with Gasteiger partial charge in [-0.15, -0.1) is 0 Å². The molecule has 0 aromatic rings. The molecule has 0 aromatic carbocycles. The molecule has 1 aliphatic rings. The Balaban J connectivity index is 2.79. The highest BCUT2D eigenvalue weighted by atomic mass is 19.1. The molecular formula is C19H33FO2. The van der Waals surface area contributed by atoms with Crippen molar-refractivity contribution in [3.05, 3.63) is 11.8 Å². The summed E-state index contributed by atoms with van der Waals surface area (Å²) in [6.45, 7) is 8.98. The summed E-state index contributed by atoms with van der Waals surface area (Å²) in [6.07, 6.45) is 7.66. The highest BCUT2D eigenvalue weighted by molar-refractivity contribution is 5.92.